The van der Waals surface area contributed by atoms with Gasteiger partial charge in [0.15, 0.2) is 5.11 Å². The van der Waals surface area contributed by atoms with Crippen LogP contribution in [0.25, 0.3) is 33.8 Å². The summed E-state index contributed by atoms with van der Waals surface area (Å²) < 4.78 is 0. The maximum atomic E-state index is 5.42. The minimum absolute atomic E-state index is 0.121. The van der Waals surface area contributed by atoms with E-state index in [0.717, 1.165) is 28.1 Å². The van der Waals surface area contributed by atoms with Gasteiger partial charge >= 0.3 is 0 Å². The number of hydrogen-bond acceptors (Lipinski definition) is 5. The molecule has 0 atom stereocenters. The molecule has 0 aliphatic heterocycles. The summed E-state index contributed by atoms with van der Waals surface area (Å²) in [5.74, 6) is 0. The van der Waals surface area contributed by atoms with Crippen LogP contribution in [-0.2, 0) is 0 Å². The summed E-state index contributed by atoms with van der Waals surface area (Å²) in [6.45, 7) is 6.18. The number of thiocarbonyl (C=S) groups is 1. The second-order valence-electron chi connectivity index (χ2n) is 7.88. The molecule has 30 heavy (non-hydrogen) atoms. The van der Waals surface area contributed by atoms with E-state index >= 15 is 0 Å². The first kappa shape index (κ1) is 19.8. The summed E-state index contributed by atoms with van der Waals surface area (Å²) in [7, 11) is 0. The molecule has 0 fully saturated rings. The van der Waals surface area contributed by atoms with Gasteiger partial charge in [0, 0.05) is 23.6 Å². The predicted octanol–water partition coefficient (Wildman–Crippen LogP) is 4.84. The van der Waals surface area contributed by atoms with Gasteiger partial charge in [0.1, 0.15) is 11.4 Å². The zero-order valence-electron chi connectivity index (χ0n) is 17.0. The van der Waals surface area contributed by atoms with Gasteiger partial charge in [0.05, 0.1) is 22.4 Å². The topological polar surface area (TPSA) is 75.6 Å². The van der Waals surface area contributed by atoms with Crippen molar-refractivity contribution < 1.29 is 0 Å². The van der Waals surface area contributed by atoms with Gasteiger partial charge in [0.2, 0.25) is 0 Å². The fourth-order valence-electron chi connectivity index (χ4n) is 3.00. The van der Waals surface area contributed by atoms with E-state index in [2.05, 4.69) is 41.4 Å². The minimum Gasteiger partial charge on any atom is -0.358 e. The van der Waals surface area contributed by atoms with Crippen LogP contribution in [0.5, 0.6) is 0 Å². The number of rotatable bonds is 3. The number of anilines is 1. The molecule has 0 aliphatic carbocycles. The molecular formula is C23H22N6S. The summed E-state index contributed by atoms with van der Waals surface area (Å²) >= 11 is 5.42. The summed E-state index contributed by atoms with van der Waals surface area (Å²) in [6.07, 6.45) is 3.50. The van der Waals surface area contributed by atoms with E-state index in [1.54, 1.807) is 12.4 Å². The van der Waals surface area contributed by atoms with Crippen LogP contribution in [0.3, 0.4) is 0 Å². The first-order valence-electron chi connectivity index (χ1n) is 9.63. The highest BCUT2D eigenvalue weighted by molar-refractivity contribution is 7.80. The molecular weight excluding hydrogens is 392 g/mol. The maximum Gasteiger partial charge on any atom is 0.171 e. The summed E-state index contributed by atoms with van der Waals surface area (Å²) in [5.41, 5.74) is 5.14. The molecule has 0 amide bonds. The van der Waals surface area contributed by atoms with Gasteiger partial charge in [-0.15, -0.1) is 0 Å². The Labute approximate surface area is 180 Å². The number of aromatic nitrogens is 4. The monoisotopic (exact) mass is 414 g/mol. The second kappa shape index (κ2) is 8.12. The Morgan fingerprint density at radius 2 is 1.40 bits per heavy atom. The van der Waals surface area contributed by atoms with E-state index < -0.39 is 0 Å². The Morgan fingerprint density at radius 1 is 0.800 bits per heavy atom. The Hall–Kier alpha value is -3.45. The molecule has 6 nitrogen and oxygen atoms in total. The Morgan fingerprint density at radius 3 is 1.93 bits per heavy atom. The van der Waals surface area contributed by atoms with Crippen molar-refractivity contribution in [2.45, 2.75) is 26.3 Å². The van der Waals surface area contributed by atoms with Crippen LogP contribution >= 0.6 is 12.2 Å². The zero-order valence-corrected chi connectivity index (χ0v) is 17.9. The third-order valence-electron chi connectivity index (χ3n) is 4.23. The van der Waals surface area contributed by atoms with Crippen molar-refractivity contribution in [3.63, 3.8) is 0 Å². The fourth-order valence-corrected chi connectivity index (χ4v) is 3.42. The molecule has 0 radical (unpaired) electrons. The SMILES string of the molecule is CC(C)(C)NC(=S)Nc1ccc2nc(-c3ccccn3)c(-c3ccccn3)nc2c1. The van der Waals surface area contributed by atoms with Crippen molar-refractivity contribution in [3.8, 4) is 22.8 Å². The molecule has 0 bridgehead atoms. The van der Waals surface area contributed by atoms with Crippen molar-refractivity contribution in [3.05, 3.63) is 67.0 Å². The highest BCUT2D eigenvalue weighted by Gasteiger charge is 2.16. The molecule has 0 spiro atoms. The number of hydrogen-bond donors (Lipinski definition) is 2. The highest BCUT2D eigenvalue weighted by atomic mass is 32.1. The third-order valence-corrected chi connectivity index (χ3v) is 4.43. The fraction of sp³-hybridized carbons (Fsp3) is 0.174. The van der Waals surface area contributed by atoms with Crippen molar-refractivity contribution in [2.75, 3.05) is 5.32 Å². The first-order chi connectivity index (χ1) is 14.4. The standard InChI is InChI=1S/C23H22N6S/c1-23(2,3)29-22(30)26-15-10-11-16-19(14-15)28-21(18-9-5-7-13-25-18)20(27-16)17-8-4-6-12-24-17/h4-14H,1-3H3,(H2,26,29,30). The summed E-state index contributed by atoms with van der Waals surface area (Å²) in [4.78, 5) is 18.7. The average molecular weight is 415 g/mol. The molecule has 2 N–H and O–H groups in total. The minimum atomic E-state index is -0.121. The smallest absolute Gasteiger partial charge is 0.171 e. The lowest BCUT2D eigenvalue weighted by molar-refractivity contribution is 0.515. The van der Waals surface area contributed by atoms with E-state index in [0.29, 0.717) is 16.5 Å². The van der Waals surface area contributed by atoms with E-state index in [4.69, 9.17) is 22.2 Å². The maximum absolute atomic E-state index is 5.42. The number of fused-ring (bicyclic) bond motifs is 1. The van der Waals surface area contributed by atoms with Crippen LogP contribution in [0.4, 0.5) is 5.69 Å². The zero-order chi connectivity index (χ0) is 21.1. The average Bonchev–Trinajstić information content (AvgIpc) is 2.72. The number of nitrogens with zero attached hydrogens (tertiary/aromatic N) is 4. The largest absolute Gasteiger partial charge is 0.358 e. The number of pyridine rings is 2. The Bertz CT molecular complexity index is 1190. The molecule has 4 rings (SSSR count). The lowest BCUT2D eigenvalue weighted by Gasteiger charge is -2.23. The molecule has 7 heteroatoms. The normalized spacial score (nSPS) is 11.3. The van der Waals surface area contributed by atoms with E-state index in [1.165, 1.54) is 0 Å². The molecule has 3 heterocycles. The predicted molar refractivity (Wildman–Crippen MR) is 125 cm³/mol. The molecule has 0 saturated heterocycles. The molecule has 3 aromatic heterocycles. The molecule has 0 unspecified atom stereocenters. The van der Waals surface area contributed by atoms with Crippen LogP contribution in [0.1, 0.15) is 20.8 Å². The van der Waals surface area contributed by atoms with Crippen LogP contribution < -0.4 is 10.6 Å². The quantitative estimate of drug-likeness (QED) is 0.465. The van der Waals surface area contributed by atoms with E-state index in [-0.39, 0.29) is 5.54 Å². The molecule has 1 aromatic carbocycles. The van der Waals surface area contributed by atoms with Gasteiger partial charge in [-0.1, -0.05) is 12.1 Å². The van der Waals surface area contributed by atoms with Gasteiger partial charge in [0.25, 0.3) is 0 Å². The highest BCUT2D eigenvalue weighted by Crippen LogP contribution is 2.29. The van der Waals surface area contributed by atoms with Gasteiger partial charge in [-0.05, 0) is 75.5 Å². The summed E-state index contributed by atoms with van der Waals surface area (Å²) in [5, 5.41) is 7.03. The number of nitrogens with one attached hydrogen (secondary N) is 2. The molecule has 4 aromatic rings. The van der Waals surface area contributed by atoms with Gasteiger partial charge in [-0.3, -0.25) is 9.97 Å². The van der Waals surface area contributed by atoms with Crippen molar-refractivity contribution in [1.82, 2.24) is 25.3 Å². The van der Waals surface area contributed by atoms with E-state index in [9.17, 15) is 0 Å². The summed E-state index contributed by atoms with van der Waals surface area (Å²) in [6, 6.07) is 17.3. The van der Waals surface area contributed by atoms with Gasteiger partial charge in [-0.25, -0.2) is 9.97 Å². The van der Waals surface area contributed by atoms with Crippen molar-refractivity contribution in [2.24, 2.45) is 0 Å². The second-order valence-corrected chi connectivity index (χ2v) is 8.29. The van der Waals surface area contributed by atoms with Crippen LogP contribution in [0, 0.1) is 0 Å². The van der Waals surface area contributed by atoms with Gasteiger partial charge < -0.3 is 10.6 Å². The number of benzene rings is 1. The third kappa shape index (κ3) is 4.58. The lowest BCUT2D eigenvalue weighted by Crippen LogP contribution is -2.42. The Kier molecular flexibility index (Phi) is 5.37. The van der Waals surface area contributed by atoms with Crippen molar-refractivity contribution >= 4 is 34.1 Å². The van der Waals surface area contributed by atoms with Crippen molar-refractivity contribution in [1.29, 1.82) is 0 Å². The molecule has 0 saturated carbocycles. The molecule has 0 aliphatic rings. The molecule has 150 valence electrons. The van der Waals surface area contributed by atoms with Crippen LogP contribution in [-0.4, -0.2) is 30.6 Å². The first-order valence-corrected chi connectivity index (χ1v) is 10.0. The Balaban J connectivity index is 1.79. The van der Waals surface area contributed by atoms with Crippen LogP contribution in [0.15, 0.2) is 67.0 Å². The van der Waals surface area contributed by atoms with Gasteiger partial charge in [-0.2, -0.15) is 0 Å². The van der Waals surface area contributed by atoms with E-state index in [1.807, 2.05) is 54.6 Å². The van der Waals surface area contributed by atoms with Crippen LogP contribution in [0.2, 0.25) is 0 Å². The lowest BCUT2D eigenvalue weighted by atomic mass is 10.1.